The summed E-state index contributed by atoms with van der Waals surface area (Å²) < 4.78 is 1.92. The normalized spacial score (nSPS) is 10.8. The minimum atomic E-state index is 0.0283. The Morgan fingerprint density at radius 3 is 2.94 bits per heavy atom. The van der Waals surface area contributed by atoms with Crippen molar-refractivity contribution < 1.29 is 9.90 Å². The first kappa shape index (κ1) is 12.6. The molecule has 1 heterocycles. The highest BCUT2D eigenvalue weighted by molar-refractivity contribution is 5.83. The molecule has 1 aromatic carbocycles. The van der Waals surface area contributed by atoms with Crippen molar-refractivity contribution in [2.45, 2.75) is 26.5 Å². The topological polar surface area (TPSA) is 54.3 Å². The molecule has 0 aliphatic rings. The summed E-state index contributed by atoms with van der Waals surface area (Å²) in [6.07, 6.45) is 2.84. The Labute approximate surface area is 106 Å². The maximum atomic E-state index is 11.7. The van der Waals surface area contributed by atoms with Crippen LogP contribution in [0, 0.1) is 0 Å². The van der Waals surface area contributed by atoms with Gasteiger partial charge in [-0.1, -0.05) is 13.0 Å². The summed E-state index contributed by atoms with van der Waals surface area (Å²) in [7, 11) is 0. The monoisotopic (exact) mass is 246 g/mol. The molecule has 1 amide bonds. The Hall–Kier alpha value is -1.81. The van der Waals surface area contributed by atoms with Crippen LogP contribution >= 0.6 is 0 Å². The van der Waals surface area contributed by atoms with Crippen LogP contribution < -0.4 is 5.32 Å². The highest BCUT2D eigenvalue weighted by Gasteiger charge is 2.06. The first-order chi connectivity index (χ1) is 8.74. The van der Waals surface area contributed by atoms with E-state index in [0.29, 0.717) is 13.1 Å². The zero-order chi connectivity index (χ0) is 13.0. The summed E-state index contributed by atoms with van der Waals surface area (Å²) >= 11 is 0. The third kappa shape index (κ3) is 2.71. The number of fused-ring (bicyclic) bond motifs is 1. The number of aliphatic hydroxyl groups is 1. The number of hydrogen-bond donors (Lipinski definition) is 2. The Morgan fingerprint density at radius 2 is 2.22 bits per heavy atom. The van der Waals surface area contributed by atoms with Crippen molar-refractivity contribution in [3.8, 4) is 0 Å². The minimum Gasteiger partial charge on any atom is -0.392 e. The molecule has 0 saturated carbocycles. The number of nitrogens with zero attached hydrogens (tertiary/aromatic N) is 1. The van der Waals surface area contributed by atoms with E-state index in [0.717, 1.165) is 22.9 Å². The van der Waals surface area contributed by atoms with Gasteiger partial charge in [-0.15, -0.1) is 0 Å². The van der Waals surface area contributed by atoms with Crippen LogP contribution in [0.3, 0.4) is 0 Å². The molecule has 4 heteroatoms. The van der Waals surface area contributed by atoms with Gasteiger partial charge in [0.05, 0.1) is 6.61 Å². The Kier molecular flexibility index (Phi) is 3.99. The average Bonchev–Trinajstić information content (AvgIpc) is 2.78. The van der Waals surface area contributed by atoms with E-state index in [4.69, 9.17) is 5.11 Å². The fourth-order valence-electron chi connectivity index (χ4n) is 1.96. The summed E-state index contributed by atoms with van der Waals surface area (Å²) in [6, 6.07) is 7.72. The molecule has 0 fully saturated rings. The number of aromatic nitrogens is 1. The maximum Gasteiger partial charge on any atom is 0.239 e. The summed E-state index contributed by atoms with van der Waals surface area (Å²) in [5, 5.41) is 13.0. The predicted molar refractivity (Wildman–Crippen MR) is 71.2 cm³/mol. The van der Waals surface area contributed by atoms with Gasteiger partial charge in [-0.2, -0.15) is 0 Å². The van der Waals surface area contributed by atoms with Crippen molar-refractivity contribution in [1.29, 1.82) is 0 Å². The maximum absolute atomic E-state index is 11.7. The van der Waals surface area contributed by atoms with Crippen LogP contribution in [-0.2, 0) is 17.9 Å². The van der Waals surface area contributed by atoms with E-state index < -0.39 is 0 Å². The standard InChI is InChI=1S/C14H18N2O2/c1-2-6-15-14(18)9-16-7-5-12-8-11(10-17)3-4-13(12)16/h3-5,7-8,17H,2,6,9-10H2,1H3,(H,15,18). The lowest BCUT2D eigenvalue weighted by molar-refractivity contribution is -0.121. The van der Waals surface area contributed by atoms with Crippen molar-refractivity contribution in [3.63, 3.8) is 0 Å². The molecular formula is C14H18N2O2. The van der Waals surface area contributed by atoms with Crippen molar-refractivity contribution in [3.05, 3.63) is 36.0 Å². The molecule has 4 nitrogen and oxygen atoms in total. The zero-order valence-corrected chi connectivity index (χ0v) is 10.5. The largest absolute Gasteiger partial charge is 0.392 e. The van der Waals surface area contributed by atoms with Gasteiger partial charge in [-0.05, 0) is 35.6 Å². The van der Waals surface area contributed by atoms with Crippen molar-refractivity contribution in [2.24, 2.45) is 0 Å². The van der Waals surface area contributed by atoms with E-state index >= 15 is 0 Å². The van der Waals surface area contributed by atoms with Crippen molar-refractivity contribution >= 4 is 16.8 Å². The van der Waals surface area contributed by atoms with Crippen molar-refractivity contribution in [1.82, 2.24) is 9.88 Å². The zero-order valence-electron chi connectivity index (χ0n) is 10.5. The molecule has 2 N–H and O–H groups in total. The predicted octanol–water partition coefficient (Wildman–Crippen LogP) is 1.66. The molecular weight excluding hydrogens is 228 g/mol. The molecule has 0 saturated heterocycles. The van der Waals surface area contributed by atoms with Crippen LogP contribution in [0.4, 0.5) is 0 Å². The van der Waals surface area contributed by atoms with Crippen LogP contribution in [0.15, 0.2) is 30.5 Å². The van der Waals surface area contributed by atoms with E-state index in [1.54, 1.807) is 0 Å². The third-order valence-electron chi connectivity index (χ3n) is 2.90. The molecule has 0 spiro atoms. The molecule has 0 unspecified atom stereocenters. The number of amides is 1. The second kappa shape index (κ2) is 5.69. The molecule has 0 aliphatic heterocycles. The van der Waals surface area contributed by atoms with Gasteiger partial charge in [0.25, 0.3) is 0 Å². The molecule has 0 bridgehead atoms. The molecule has 0 aliphatic carbocycles. The lowest BCUT2D eigenvalue weighted by Gasteiger charge is -2.06. The number of nitrogens with one attached hydrogen (secondary N) is 1. The van der Waals surface area contributed by atoms with Gasteiger partial charge >= 0.3 is 0 Å². The van der Waals surface area contributed by atoms with E-state index in [-0.39, 0.29) is 12.5 Å². The Morgan fingerprint density at radius 1 is 1.39 bits per heavy atom. The average molecular weight is 246 g/mol. The quantitative estimate of drug-likeness (QED) is 0.843. The highest BCUT2D eigenvalue weighted by Crippen LogP contribution is 2.17. The summed E-state index contributed by atoms with van der Waals surface area (Å²) in [4.78, 5) is 11.7. The number of aliphatic hydroxyl groups excluding tert-OH is 1. The molecule has 0 atom stereocenters. The fourth-order valence-corrected chi connectivity index (χ4v) is 1.96. The molecule has 18 heavy (non-hydrogen) atoms. The van der Waals surface area contributed by atoms with Gasteiger partial charge < -0.3 is 15.0 Å². The number of benzene rings is 1. The lowest BCUT2D eigenvalue weighted by Crippen LogP contribution is -2.27. The number of carbonyl (C=O) groups is 1. The van der Waals surface area contributed by atoms with E-state index in [2.05, 4.69) is 5.32 Å². The minimum absolute atomic E-state index is 0.0283. The lowest BCUT2D eigenvalue weighted by atomic mass is 10.2. The number of carbonyl (C=O) groups excluding carboxylic acids is 1. The van der Waals surface area contributed by atoms with Gasteiger partial charge in [0.15, 0.2) is 0 Å². The van der Waals surface area contributed by atoms with E-state index in [9.17, 15) is 4.79 Å². The first-order valence-electron chi connectivity index (χ1n) is 6.20. The van der Waals surface area contributed by atoms with Crippen LogP contribution in [0.25, 0.3) is 10.9 Å². The summed E-state index contributed by atoms with van der Waals surface area (Å²) in [6.45, 7) is 3.12. The van der Waals surface area contributed by atoms with Crippen LogP contribution in [-0.4, -0.2) is 22.1 Å². The van der Waals surface area contributed by atoms with E-state index in [1.807, 2.05) is 42.0 Å². The third-order valence-corrected chi connectivity index (χ3v) is 2.90. The van der Waals surface area contributed by atoms with Crippen LogP contribution in [0.1, 0.15) is 18.9 Å². The van der Waals surface area contributed by atoms with Gasteiger partial charge in [0, 0.05) is 18.3 Å². The summed E-state index contributed by atoms with van der Waals surface area (Å²) in [5.74, 6) is 0.0283. The van der Waals surface area contributed by atoms with Crippen LogP contribution in [0.2, 0.25) is 0 Å². The Balaban J connectivity index is 2.16. The molecule has 1 aromatic heterocycles. The molecule has 96 valence electrons. The number of hydrogen-bond acceptors (Lipinski definition) is 2. The van der Waals surface area contributed by atoms with Crippen molar-refractivity contribution in [2.75, 3.05) is 6.54 Å². The first-order valence-corrected chi connectivity index (χ1v) is 6.20. The Bertz CT molecular complexity index is 546. The summed E-state index contributed by atoms with van der Waals surface area (Å²) in [5.41, 5.74) is 1.90. The molecule has 2 rings (SSSR count). The van der Waals surface area contributed by atoms with Gasteiger partial charge in [-0.25, -0.2) is 0 Å². The number of rotatable bonds is 5. The van der Waals surface area contributed by atoms with Gasteiger partial charge in [0.1, 0.15) is 6.54 Å². The fraction of sp³-hybridized carbons (Fsp3) is 0.357. The van der Waals surface area contributed by atoms with Gasteiger partial charge in [-0.3, -0.25) is 4.79 Å². The van der Waals surface area contributed by atoms with E-state index in [1.165, 1.54) is 0 Å². The SMILES string of the molecule is CCCNC(=O)Cn1ccc2cc(CO)ccc21. The second-order valence-corrected chi connectivity index (χ2v) is 4.34. The van der Waals surface area contributed by atoms with Crippen LogP contribution in [0.5, 0.6) is 0 Å². The molecule has 2 aromatic rings. The molecule has 0 radical (unpaired) electrons. The smallest absolute Gasteiger partial charge is 0.239 e. The second-order valence-electron chi connectivity index (χ2n) is 4.34. The van der Waals surface area contributed by atoms with Gasteiger partial charge in [0.2, 0.25) is 5.91 Å². The highest BCUT2D eigenvalue weighted by atomic mass is 16.3.